The predicted molar refractivity (Wildman–Crippen MR) is 194 cm³/mol. The number of aromatic carboxylic acids is 2. The van der Waals surface area contributed by atoms with Crippen molar-refractivity contribution in [2.75, 3.05) is 40.6 Å². The molecule has 3 aromatic rings. The normalized spacial score (nSPS) is 10.3. The molecule has 0 saturated carbocycles. The van der Waals surface area contributed by atoms with E-state index in [2.05, 4.69) is 13.2 Å². The average molecular weight is 765 g/mol. The number of carboxylic acids is 2. The maximum absolute atomic E-state index is 12.5. The van der Waals surface area contributed by atoms with Crippen LogP contribution in [0.5, 0.6) is 23.0 Å². The number of carbonyl (C=O) groups is 6. The van der Waals surface area contributed by atoms with Crippen molar-refractivity contribution in [1.82, 2.24) is 0 Å². The second-order valence-corrected chi connectivity index (χ2v) is 11.2. The molecule has 0 aliphatic carbocycles. The number of ether oxygens (including phenoxy) is 8. The summed E-state index contributed by atoms with van der Waals surface area (Å²) in [5.74, 6) is -4.25. The van der Waals surface area contributed by atoms with Crippen molar-refractivity contribution in [1.29, 1.82) is 0 Å². The van der Waals surface area contributed by atoms with Crippen LogP contribution in [0.2, 0.25) is 0 Å². The van der Waals surface area contributed by atoms with Gasteiger partial charge in [0, 0.05) is 23.3 Å². The van der Waals surface area contributed by atoms with Gasteiger partial charge in [0.2, 0.25) is 0 Å². The lowest BCUT2D eigenvalue weighted by Crippen LogP contribution is -2.14. The molecular formula is C39H40O16. The third-order valence-corrected chi connectivity index (χ3v) is 7.62. The van der Waals surface area contributed by atoms with Gasteiger partial charge in [0.05, 0.1) is 51.8 Å². The molecule has 0 bridgehead atoms. The van der Waals surface area contributed by atoms with E-state index in [1.165, 1.54) is 50.6 Å². The smallest absolute Gasteiger partial charge is 0.492 e. The Labute approximate surface area is 315 Å². The Morgan fingerprint density at radius 1 is 0.600 bits per heavy atom. The van der Waals surface area contributed by atoms with Crippen molar-refractivity contribution in [3.05, 3.63) is 84.5 Å². The van der Waals surface area contributed by atoms with Crippen LogP contribution in [0.25, 0.3) is 22.3 Å². The standard InChI is InChI=1S/C39H40O16/c1-6-30(40)50-18-8-10-20-52-38(46)54-28-16-14-26(36(42)43)32(34(28)48-4)24-12-13-25(23(3)22-24)33-27(37(44)45)15-17-29(35(33)49-5)55-39(47)53-21-11-9-19-51-31(41)7-2/h6-7,12-17,22H,1-2,8-11,18-21H2,3-5H3,(H,42,43)(H,44,45). The molecule has 0 unspecified atom stereocenters. The van der Waals surface area contributed by atoms with E-state index in [0.717, 1.165) is 12.2 Å². The van der Waals surface area contributed by atoms with Crippen LogP contribution in [0, 0.1) is 6.92 Å². The van der Waals surface area contributed by atoms with Gasteiger partial charge in [0.25, 0.3) is 0 Å². The highest BCUT2D eigenvalue weighted by molar-refractivity contribution is 6.02. The van der Waals surface area contributed by atoms with Crippen LogP contribution in [0.4, 0.5) is 9.59 Å². The van der Waals surface area contributed by atoms with Gasteiger partial charge in [-0.2, -0.15) is 0 Å². The van der Waals surface area contributed by atoms with Gasteiger partial charge in [0.15, 0.2) is 23.0 Å². The number of unbranched alkanes of at least 4 members (excludes halogenated alkanes) is 2. The van der Waals surface area contributed by atoms with Gasteiger partial charge in [0.1, 0.15) is 0 Å². The molecule has 0 aromatic heterocycles. The zero-order chi connectivity index (χ0) is 40.5. The topological polar surface area (TPSA) is 217 Å². The summed E-state index contributed by atoms with van der Waals surface area (Å²) in [7, 11) is 2.52. The first-order valence-corrected chi connectivity index (χ1v) is 16.6. The van der Waals surface area contributed by atoms with Crippen molar-refractivity contribution >= 4 is 36.2 Å². The van der Waals surface area contributed by atoms with Crippen LogP contribution in [-0.4, -0.2) is 87.0 Å². The molecule has 0 aliphatic heterocycles. The minimum Gasteiger partial charge on any atom is -0.492 e. The SMILES string of the molecule is C=CC(=O)OCCCCOC(=O)Oc1ccc(C(=O)O)c(-c2ccc(-c3c(C(=O)O)ccc(OC(=O)OCCCCOC(=O)C=C)c3OC)c(C)c2)c1OC. The van der Waals surface area contributed by atoms with E-state index >= 15 is 0 Å². The molecule has 0 fully saturated rings. The van der Waals surface area contributed by atoms with E-state index in [4.69, 9.17) is 37.9 Å². The monoisotopic (exact) mass is 764 g/mol. The Hall–Kier alpha value is -6.84. The largest absolute Gasteiger partial charge is 0.513 e. The first-order valence-electron chi connectivity index (χ1n) is 16.6. The predicted octanol–water partition coefficient (Wildman–Crippen LogP) is 6.79. The molecule has 3 aromatic carbocycles. The Morgan fingerprint density at radius 2 is 1.02 bits per heavy atom. The molecule has 0 atom stereocenters. The Morgan fingerprint density at radius 3 is 1.42 bits per heavy atom. The lowest BCUT2D eigenvalue weighted by Gasteiger charge is -2.19. The number of aryl methyl sites for hydroxylation is 1. The summed E-state index contributed by atoms with van der Waals surface area (Å²) < 4.78 is 41.8. The van der Waals surface area contributed by atoms with Crippen molar-refractivity contribution in [2.45, 2.75) is 32.6 Å². The van der Waals surface area contributed by atoms with Gasteiger partial charge in [-0.25, -0.2) is 28.8 Å². The number of benzene rings is 3. The summed E-state index contributed by atoms with van der Waals surface area (Å²) in [6, 6.07) is 9.54. The van der Waals surface area contributed by atoms with E-state index in [0.29, 0.717) is 42.4 Å². The third-order valence-electron chi connectivity index (χ3n) is 7.62. The second-order valence-electron chi connectivity index (χ2n) is 11.2. The van der Waals surface area contributed by atoms with Crippen molar-refractivity contribution in [3.8, 4) is 45.3 Å². The van der Waals surface area contributed by atoms with Gasteiger partial charge >= 0.3 is 36.2 Å². The summed E-state index contributed by atoms with van der Waals surface area (Å²) in [5.41, 5.74) is 0.775. The minimum atomic E-state index is -1.32. The molecule has 0 heterocycles. The van der Waals surface area contributed by atoms with E-state index in [1.807, 2.05) is 0 Å². The van der Waals surface area contributed by atoms with E-state index in [9.17, 15) is 39.0 Å². The number of methoxy groups -OCH3 is 2. The summed E-state index contributed by atoms with van der Waals surface area (Å²) in [5, 5.41) is 20.2. The molecule has 0 saturated heterocycles. The summed E-state index contributed by atoms with van der Waals surface area (Å²) >= 11 is 0. The molecule has 16 heteroatoms. The van der Waals surface area contributed by atoms with E-state index in [-0.39, 0.29) is 71.7 Å². The van der Waals surface area contributed by atoms with Crippen LogP contribution in [0.3, 0.4) is 0 Å². The fourth-order valence-electron chi connectivity index (χ4n) is 5.12. The first kappa shape index (κ1) is 42.6. The van der Waals surface area contributed by atoms with Crippen LogP contribution < -0.4 is 18.9 Å². The molecule has 0 amide bonds. The maximum Gasteiger partial charge on any atom is 0.513 e. The van der Waals surface area contributed by atoms with E-state index < -0.39 is 36.2 Å². The molecule has 55 heavy (non-hydrogen) atoms. The van der Waals surface area contributed by atoms with Crippen molar-refractivity contribution < 1.29 is 76.9 Å². The number of hydrogen-bond donors (Lipinski definition) is 2. The third kappa shape index (κ3) is 11.8. The fraction of sp³-hybridized carbons (Fsp3) is 0.282. The second kappa shape index (κ2) is 21.0. The fourth-order valence-corrected chi connectivity index (χ4v) is 5.12. The van der Waals surface area contributed by atoms with E-state index in [1.54, 1.807) is 13.0 Å². The summed E-state index contributed by atoms with van der Waals surface area (Å²) in [4.78, 5) is 72.1. The Bertz CT molecular complexity index is 1930. The highest BCUT2D eigenvalue weighted by Gasteiger charge is 2.27. The van der Waals surface area contributed by atoms with Gasteiger partial charge in [-0.05, 0) is 73.6 Å². The van der Waals surface area contributed by atoms with Gasteiger partial charge in [-0.1, -0.05) is 31.4 Å². The molecule has 3 rings (SSSR count). The molecular weight excluding hydrogens is 724 g/mol. The number of carbonyl (C=O) groups excluding carboxylic acids is 4. The first-order chi connectivity index (χ1) is 26.4. The molecule has 16 nitrogen and oxygen atoms in total. The zero-order valence-electron chi connectivity index (χ0n) is 30.4. The number of carboxylic acid groups (broad SMARTS) is 2. The lowest BCUT2D eigenvalue weighted by atomic mass is 9.90. The van der Waals surface area contributed by atoms with Crippen LogP contribution in [0.15, 0.2) is 67.8 Å². The van der Waals surface area contributed by atoms with Gasteiger partial charge in [-0.15, -0.1) is 0 Å². The minimum absolute atomic E-state index is 0.0445. The summed E-state index contributed by atoms with van der Waals surface area (Å²) in [6.07, 6.45) is 1.42. The quantitative estimate of drug-likeness (QED) is 0.0398. The van der Waals surface area contributed by atoms with Gasteiger partial charge < -0.3 is 48.1 Å². The highest BCUT2D eigenvalue weighted by atomic mass is 16.7. The maximum atomic E-state index is 12.5. The van der Waals surface area contributed by atoms with Crippen molar-refractivity contribution in [3.63, 3.8) is 0 Å². The average Bonchev–Trinajstić information content (AvgIpc) is 3.16. The van der Waals surface area contributed by atoms with Crippen molar-refractivity contribution in [2.24, 2.45) is 0 Å². The van der Waals surface area contributed by atoms with Crippen LogP contribution >= 0.6 is 0 Å². The Balaban J connectivity index is 1.90. The number of rotatable bonds is 20. The lowest BCUT2D eigenvalue weighted by molar-refractivity contribution is -0.138. The van der Waals surface area contributed by atoms with Crippen LogP contribution in [0.1, 0.15) is 52.0 Å². The van der Waals surface area contributed by atoms with Crippen LogP contribution in [-0.2, 0) is 28.5 Å². The van der Waals surface area contributed by atoms with Gasteiger partial charge in [-0.3, -0.25) is 0 Å². The highest BCUT2D eigenvalue weighted by Crippen LogP contribution is 2.45. The number of esters is 2. The number of hydrogen-bond acceptors (Lipinski definition) is 14. The summed E-state index contributed by atoms with van der Waals surface area (Å²) in [6.45, 7) is 8.34. The Kier molecular flexibility index (Phi) is 16.3. The molecule has 292 valence electrons. The molecule has 0 radical (unpaired) electrons. The molecule has 0 spiro atoms. The molecule has 2 N–H and O–H groups in total. The molecule has 0 aliphatic rings. The zero-order valence-corrected chi connectivity index (χ0v) is 30.4.